The van der Waals surface area contributed by atoms with E-state index in [1.54, 1.807) is 91.0 Å². The predicted octanol–water partition coefficient (Wildman–Crippen LogP) is 4.22. The lowest BCUT2D eigenvalue weighted by Gasteiger charge is -2.37. The Bertz CT molecular complexity index is 770. The van der Waals surface area contributed by atoms with Gasteiger partial charge in [-0.1, -0.05) is 61.7 Å². The van der Waals surface area contributed by atoms with Crippen LogP contribution < -0.4 is 15.9 Å². The Kier molecular flexibility index (Phi) is 5.39. The summed E-state index contributed by atoms with van der Waals surface area (Å²) in [6.45, 7) is -2.83. The Morgan fingerprint density at radius 1 is 0.519 bits per heavy atom. The number of halogens is 5. The molecule has 0 bridgehead atoms. The fourth-order valence-corrected chi connectivity index (χ4v) is 8.63. The topological polar surface area (TPSA) is 0 Å². The number of rotatable bonds is 5. The molecule has 0 amide bonds. The first kappa shape index (κ1) is 19.6. The molecule has 0 unspecified atom stereocenters. The van der Waals surface area contributed by atoms with Crippen molar-refractivity contribution in [1.29, 1.82) is 0 Å². The van der Waals surface area contributed by atoms with Crippen LogP contribution in [0.4, 0.5) is 22.0 Å². The maximum atomic E-state index is 14.4. The second-order valence-corrected chi connectivity index (χ2v) is 10.6. The molecule has 0 aromatic heterocycles. The number of benzene rings is 3. The molecule has 3 aromatic carbocycles. The van der Waals surface area contributed by atoms with Gasteiger partial charge in [0.15, 0.2) is 0 Å². The van der Waals surface area contributed by atoms with Crippen molar-refractivity contribution in [2.24, 2.45) is 0 Å². The van der Waals surface area contributed by atoms with E-state index in [1.807, 2.05) is 0 Å². The molecule has 3 rings (SSSR count). The van der Waals surface area contributed by atoms with Crippen LogP contribution in [0, 0.1) is 0 Å². The zero-order chi connectivity index (χ0) is 19.5. The van der Waals surface area contributed by atoms with E-state index in [0.717, 1.165) is 0 Å². The SMILES string of the molecule is FC(F)(F)C(F)(F)[BH2-][P+](c1ccccc1)(c1ccccc1)c1ccccc1. The van der Waals surface area contributed by atoms with Gasteiger partial charge in [-0.05, 0) is 36.4 Å². The predicted molar refractivity (Wildman–Crippen MR) is 105 cm³/mol. The van der Waals surface area contributed by atoms with Crippen LogP contribution in [0.25, 0.3) is 0 Å². The van der Waals surface area contributed by atoms with Gasteiger partial charge in [0.25, 0.3) is 0 Å². The average molecular weight is 394 g/mol. The van der Waals surface area contributed by atoms with Gasteiger partial charge in [0.1, 0.15) is 0 Å². The van der Waals surface area contributed by atoms with Gasteiger partial charge in [-0.2, -0.15) is 13.2 Å². The molecule has 0 nitrogen and oxygen atoms in total. The minimum atomic E-state index is -5.56. The monoisotopic (exact) mass is 394 g/mol. The highest BCUT2D eigenvalue weighted by Crippen LogP contribution is 2.58. The van der Waals surface area contributed by atoms with Gasteiger partial charge in [0, 0.05) is 0 Å². The Morgan fingerprint density at radius 2 is 0.815 bits per heavy atom. The molecule has 0 heterocycles. The Morgan fingerprint density at radius 3 is 1.07 bits per heavy atom. The summed E-state index contributed by atoms with van der Waals surface area (Å²) in [6.07, 6.45) is -5.56. The van der Waals surface area contributed by atoms with E-state index in [2.05, 4.69) is 0 Å². The highest BCUT2D eigenvalue weighted by Gasteiger charge is 2.60. The van der Waals surface area contributed by atoms with Gasteiger partial charge in [0.2, 0.25) is 12.8 Å². The van der Waals surface area contributed by atoms with E-state index >= 15 is 0 Å². The third-order valence-corrected chi connectivity index (χ3v) is 10.2. The summed E-state index contributed by atoms with van der Waals surface area (Å²) in [5, 5.41) is 1.64. The van der Waals surface area contributed by atoms with Crippen LogP contribution in [0.1, 0.15) is 0 Å². The zero-order valence-electron chi connectivity index (χ0n) is 14.5. The molecule has 0 aliphatic rings. The molecule has 0 spiro atoms. The van der Waals surface area contributed by atoms with Gasteiger partial charge < -0.3 is 0 Å². The standard InChI is InChI=1S/C20H17BF5P/c22-19(23,20(24,25)26)21-27(16-10-4-1-5-11-16,17-12-6-2-7-13-17)18-14-8-3-9-15-18/h1-15H,21H2. The molecule has 0 fully saturated rings. The summed E-state index contributed by atoms with van der Waals surface area (Å²) >= 11 is 0. The molecule has 0 saturated heterocycles. The molecule has 140 valence electrons. The van der Waals surface area contributed by atoms with Crippen LogP contribution in [-0.2, 0) is 0 Å². The van der Waals surface area contributed by atoms with E-state index < -0.39 is 26.1 Å². The molecule has 0 saturated carbocycles. The van der Waals surface area contributed by atoms with Crippen molar-refractivity contribution in [3.8, 4) is 0 Å². The third-order valence-electron chi connectivity index (χ3n) is 4.93. The normalized spacial score (nSPS) is 12.8. The molecule has 0 N–H and O–H groups in total. The third kappa shape index (κ3) is 3.77. The summed E-state index contributed by atoms with van der Waals surface area (Å²) in [4.78, 5) is 0. The molecule has 3 aromatic rings. The number of hydrogen-bond donors (Lipinski definition) is 0. The van der Waals surface area contributed by atoms with E-state index in [-0.39, 0.29) is 0 Å². The quantitative estimate of drug-likeness (QED) is 0.346. The van der Waals surface area contributed by atoms with Crippen LogP contribution >= 0.6 is 7.14 Å². The minimum absolute atomic E-state index is 0.548. The first-order valence-corrected chi connectivity index (χ1v) is 10.8. The van der Waals surface area contributed by atoms with E-state index in [1.165, 1.54) is 0 Å². The van der Waals surface area contributed by atoms with E-state index in [0.29, 0.717) is 15.9 Å². The van der Waals surface area contributed by atoms with Crippen LogP contribution in [0.15, 0.2) is 91.0 Å². The van der Waals surface area contributed by atoms with Crippen molar-refractivity contribution in [2.45, 2.75) is 12.0 Å². The zero-order valence-corrected chi connectivity index (χ0v) is 15.4. The Labute approximate surface area is 155 Å². The molecule has 0 aliphatic carbocycles. The lowest BCUT2D eigenvalue weighted by atomic mass is 9.96. The van der Waals surface area contributed by atoms with Gasteiger partial charge in [0.05, 0.1) is 15.9 Å². The largest absolute Gasteiger partial charge is 0.420 e. The maximum absolute atomic E-state index is 14.4. The molecule has 0 aliphatic heterocycles. The van der Waals surface area contributed by atoms with Crippen molar-refractivity contribution >= 4 is 30.1 Å². The van der Waals surface area contributed by atoms with Crippen molar-refractivity contribution in [2.75, 3.05) is 0 Å². The Balaban J connectivity index is 2.33. The van der Waals surface area contributed by atoms with Gasteiger partial charge in [-0.3, -0.25) is 0 Å². The fraction of sp³-hybridized carbons (Fsp3) is 0.100. The van der Waals surface area contributed by atoms with Crippen LogP contribution in [-0.4, -0.2) is 19.0 Å². The Hall–Kier alpha value is -2.20. The van der Waals surface area contributed by atoms with Gasteiger partial charge in [-0.15, -0.1) is 0 Å². The average Bonchev–Trinajstić information content (AvgIpc) is 2.67. The summed E-state index contributed by atoms with van der Waals surface area (Å²) in [6, 6.07) is 25.3. The van der Waals surface area contributed by atoms with Crippen LogP contribution in [0.2, 0.25) is 0 Å². The first-order chi connectivity index (χ1) is 12.8. The van der Waals surface area contributed by atoms with Crippen LogP contribution in [0.5, 0.6) is 0 Å². The fourth-order valence-electron chi connectivity index (χ4n) is 3.56. The van der Waals surface area contributed by atoms with Crippen molar-refractivity contribution in [1.82, 2.24) is 0 Å². The minimum Gasteiger partial charge on any atom is -0.238 e. The van der Waals surface area contributed by atoms with Crippen molar-refractivity contribution < 1.29 is 22.0 Å². The number of hydrogen-bond acceptors (Lipinski definition) is 0. The second kappa shape index (κ2) is 7.44. The molecule has 7 heteroatoms. The second-order valence-electron chi connectivity index (χ2n) is 6.62. The summed E-state index contributed by atoms with van der Waals surface area (Å²) in [5.74, 6) is -4.69. The summed E-state index contributed by atoms with van der Waals surface area (Å²) < 4.78 is 68.5. The molecule has 0 atom stereocenters. The summed E-state index contributed by atoms with van der Waals surface area (Å²) in [5.41, 5.74) is 0. The highest BCUT2D eigenvalue weighted by molar-refractivity contribution is 8.16. The maximum Gasteiger partial charge on any atom is 0.420 e. The van der Waals surface area contributed by atoms with Gasteiger partial charge in [-0.25, -0.2) is 8.78 Å². The van der Waals surface area contributed by atoms with Gasteiger partial charge >= 0.3 is 6.18 Å². The van der Waals surface area contributed by atoms with E-state index in [9.17, 15) is 22.0 Å². The molecule has 27 heavy (non-hydrogen) atoms. The molecule has 0 radical (unpaired) electrons. The molecular formula is C20H17BF5P. The van der Waals surface area contributed by atoms with Crippen LogP contribution in [0.3, 0.4) is 0 Å². The first-order valence-electron chi connectivity index (χ1n) is 8.54. The van der Waals surface area contributed by atoms with Crippen molar-refractivity contribution in [3.63, 3.8) is 0 Å². The lowest BCUT2D eigenvalue weighted by molar-refractivity contribution is -0.243. The smallest absolute Gasteiger partial charge is 0.238 e. The number of alkyl halides is 5. The van der Waals surface area contributed by atoms with Crippen molar-refractivity contribution in [3.05, 3.63) is 91.0 Å². The summed E-state index contributed by atoms with van der Waals surface area (Å²) in [7, 11) is -3.12. The van der Waals surface area contributed by atoms with E-state index in [4.69, 9.17) is 0 Å². The lowest BCUT2D eigenvalue weighted by Crippen LogP contribution is -2.49. The highest BCUT2D eigenvalue weighted by atomic mass is 31.2. The molecular weight excluding hydrogens is 377 g/mol.